The highest BCUT2D eigenvalue weighted by atomic mass is 79.9. The van der Waals surface area contributed by atoms with Crippen LogP contribution in [0.1, 0.15) is 5.56 Å². The Labute approximate surface area is 136 Å². The molecule has 0 bridgehead atoms. The van der Waals surface area contributed by atoms with E-state index in [-0.39, 0.29) is 12.5 Å². The van der Waals surface area contributed by atoms with E-state index in [2.05, 4.69) is 21.2 Å². The minimum absolute atomic E-state index is 0.0927. The molecule has 0 unspecified atom stereocenters. The van der Waals surface area contributed by atoms with Gasteiger partial charge in [-0.25, -0.2) is 0 Å². The molecule has 0 radical (unpaired) electrons. The van der Waals surface area contributed by atoms with E-state index in [4.69, 9.17) is 22.1 Å². The molecule has 0 aromatic heterocycles. The van der Waals surface area contributed by atoms with Crippen molar-refractivity contribution in [3.63, 3.8) is 0 Å². The Morgan fingerprint density at radius 1 is 1.33 bits per heavy atom. The lowest BCUT2D eigenvalue weighted by molar-refractivity contribution is -0.118. The summed E-state index contributed by atoms with van der Waals surface area (Å²) in [5.41, 5.74) is 7.65. The zero-order valence-corrected chi connectivity index (χ0v) is 13.7. The number of nitrogens with one attached hydrogen (secondary N) is 1. The van der Waals surface area contributed by atoms with Gasteiger partial charge in [0.05, 0.1) is 11.4 Å². The minimum Gasteiger partial charge on any atom is -0.483 e. The second-order valence-electron chi connectivity index (χ2n) is 4.48. The van der Waals surface area contributed by atoms with Crippen molar-refractivity contribution < 1.29 is 9.53 Å². The zero-order chi connectivity index (χ0) is 15.4. The van der Waals surface area contributed by atoms with Crippen LogP contribution in [0.3, 0.4) is 0 Å². The Morgan fingerprint density at radius 3 is 2.76 bits per heavy atom. The number of hydrogen-bond acceptors (Lipinski definition) is 3. The van der Waals surface area contributed by atoms with Gasteiger partial charge in [0.25, 0.3) is 5.91 Å². The van der Waals surface area contributed by atoms with Gasteiger partial charge in [0.15, 0.2) is 6.61 Å². The molecule has 0 fully saturated rings. The van der Waals surface area contributed by atoms with Gasteiger partial charge in [-0.1, -0.05) is 27.5 Å². The molecule has 0 aliphatic carbocycles. The lowest BCUT2D eigenvalue weighted by atomic mass is 10.2. The number of carbonyl (C=O) groups excluding carboxylic acids is 1. The van der Waals surface area contributed by atoms with E-state index < -0.39 is 0 Å². The number of anilines is 2. The Bertz CT molecular complexity index is 677. The predicted octanol–water partition coefficient (Wildman–Crippen LogP) is 4.01. The van der Waals surface area contributed by atoms with Gasteiger partial charge in [-0.15, -0.1) is 0 Å². The third kappa shape index (κ3) is 4.37. The average molecular weight is 370 g/mol. The molecule has 0 saturated carbocycles. The maximum Gasteiger partial charge on any atom is 0.262 e. The highest BCUT2D eigenvalue weighted by Crippen LogP contribution is 2.24. The van der Waals surface area contributed by atoms with Gasteiger partial charge in [-0.05, 0) is 48.9 Å². The molecule has 0 spiro atoms. The van der Waals surface area contributed by atoms with Gasteiger partial charge in [0, 0.05) is 9.50 Å². The average Bonchev–Trinajstić information content (AvgIpc) is 2.41. The maximum atomic E-state index is 11.9. The summed E-state index contributed by atoms with van der Waals surface area (Å²) < 4.78 is 6.45. The van der Waals surface area contributed by atoms with E-state index in [9.17, 15) is 4.79 Å². The van der Waals surface area contributed by atoms with Gasteiger partial charge in [0.2, 0.25) is 0 Å². The largest absolute Gasteiger partial charge is 0.483 e. The number of carbonyl (C=O) groups is 1. The lowest BCUT2D eigenvalue weighted by Gasteiger charge is -2.11. The number of nitrogens with two attached hydrogens (primary N) is 1. The first-order chi connectivity index (χ1) is 9.95. The van der Waals surface area contributed by atoms with Crippen molar-refractivity contribution >= 4 is 44.8 Å². The van der Waals surface area contributed by atoms with Gasteiger partial charge >= 0.3 is 0 Å². The van der Waals surface area contributed by atoms with Crippen LogP contribution in [0.2, 0.25) is 5.02 Å². The number of halogens is 2. The second-order valence-corrected chi connectivity index (χ2v) is 5.83. The molecule has 0 heterocycles. The Kier molecular flexibility index (Phi) is 5.09. The quantitative estimate of drug-likeness (QED) is 0.800. The van der Waals surface area contributed by atoms with Crippen LogP contribution in [0, 0.1) is 6.92 Å². The number of ether oxygens (including phenoxy) is 1. The van der Waals surface area contributed by atoms with Gasteiger partial charge in [-0.2, -0.15) is 0 Å². The Hall–Kier alpha value is -1.72. The summed E-state index contributed by atoms with van der Waals surface area (Å²) in [5, 5.41) is 3.20. The normalized spacial score (nSPS) is 10.2. The third-order valence-corrected chi connectivity index (χ3v) is 3.51. The second kappa shape index (κ2) is 6.83. The van der Waals surface area contributed by atoms with E-state index in [1.807, 2.05) is 25.1 Å². The van der Waals surface area contributed by atoms with Gasteiger partial charge in [0.1, 0.15) is 5.75 Å². The number of nitrogen functional groups attached to an aromatic ring is 1. The van der Waals surface area contributed by atoms with Crippen LogP contribution in [0.5, 0.6) is 5.75 Å². The summed E-state index contributed by atoms with van der Waals surface area (Å²) in [7, 11) is 0. The molecule has 4 nitrogen and oxygen atoms in total. The summed E-state index contributed by atoms with van der Waals surface area (Å²) in [6.45, 7) is 1.82. The van der Waals surface area contributed by atoms with E-state index in [1.54, 1.807) is 18.2 Å². The zero-order valence-electron chi connectivity index (χ0n) is 11.3. The Balaban J connectivity index is 1.96. The molecule has 2 rings (SSSR count). The number of benzene rings is 2. The van der Waals surface area contributed by atoms with Crippen LogP contribution in [0.15, 0.2) is 40.9 Å². The first kappa shape index (κ1) is 15.7. The number of rotatable bonds is 4. The van der Waals surface area contributed by atoms with Crippen LogP contribution >= 0.6 is 27.5 Å². The van der Waals surface area contributed by atoms with Crippen molar-refractivity contribution in [2.45, 2.75) is 6.92 Å². The van der Waals surface area contributed by atoms with Crippen LogP contribution < -0.4 is 15.8 Å². The molecule has 0 saturated heterocycles. The fourth-order valence-corrected chi connectivity index (χ4v) is 2.41. The monoisotopic (exact) mass is 368 g/mol. The first-order valence-corrected chi connectivity index (χ1v) is 7.36. The van der Waals surface area contributed by atoms with Crippen molar-refractivity contribution in [2.75, 3.05) is 17.7 Å². The standard InChI is InChI=1S/C15H14BrClN2O2/c1-9-6-10(16)2-5-14(9)21-8-15(20)19-13-4-3-11(17)7-12(13)18/h2-7H,8,18H2,1H3,(H,19,20). The highest BCUT2D eigenvalue weighted by molar-refractivity contribution is 9.10. The van der Waals surface area contributed by atoms with Crippen molar-refractivity contribution in [2.24, 2.45) is 0 Å². The fraction of sp³-hybridized carbons (Fsp3) is 0.133. The molecule has 0 aliphatic rings. The molecular weight excluding hydrogens is 356 g/mol. The number of aryl methyl sites for hydroxylation is 1. The summed E-state index contributed by atoms with van der Waals surface area (Å²) in [6, 6.07) is 10.5. The molecule has 0 aliphatic heterocycles. The topological polar surface area (TPSA) is 64.3 Å². The first-order valence-electron chi connectivity index (χ1n) is 6.19. The predicted molar refractivity (Wildman–Crippen MR) is 88.9 cm³/mol. The smallest absolute Gasteiger partial charge is 0.262 e. The minimum atomic E-state index is -0.286. The summed E-state index contributed by atoms with van der Waals surface area (Å²) in [5.74, 6) is 0.378. The molecule has 6 heteroatoms. The summed E-state index contributed by atoms with van der Waals surface area (Å²) >= 11 is 9.18. The van der Waals surface area contributed by atoms with E-state index in [0.29, 0.717) is 22.1 Å². The molecule has 0 atom stereocenters. The fourth-order valence-electron chi connectivity index (χ4n) is 1.75. The van der Waals surface area contributed by atoms with Crippen LogP contribution in [0.4, 0.5) is 11.4 Å². The highest BCUT2D eigenvalue weighted by Gasteiger charge is 2.08. The van der Waals surface area contributed by atoms with E-state index >= 15 is 0 Å². The molecule has 2 aromatic rings. The summed E-state index contributed by atoms with van der Waals surface area (Å²) in [4.78, 5) is 11.9. The van der Waals surface area contributed by atoms with Gasteiger partial charge in [-0.3, -0.25) is 4.79 Å². The van der Waals surface area contributed by atoms with Crippen molar-refractivity contribution in [1.29, 1.82) is 0 Å². The molecule has 2 aromatic carbocycles. The van der Waals surface area contributed by atoms with Crippen LogP contribution in [0.25, 0.3) is 0 Å². The molecule has 3 N–H and O–H groups in total. The van der Waals surface area contributed by atoms with Crippen molar-refractivity contribution in [3.8, 4) is 5.75 Å². The molecule has 21 heavy (non-hydrogen) atoms. The number of amides is 1. The van der Waals surface area contributed by atoms with Crippen molar-refractivity contribution in [1.82, 2.24) is 0 Å². The third-order valence-electron chi connectivity index (χ3n) is 2.78. The number of hydrogen-bond donors (Lipinski definition) is 2. The van der Waals surface area contributed by atoms with Crippen LogP contribution in [-0.2, 0) is 4.79 Å². The van der Waals surface area contributed by atoms with E-state index in [1.165, 1.54) is 0 Å². The maximum absolute atomic E-state index is 11.9. The van der Waals surface area contributed by atoms with Gasteiger partial charge < -0.3 is 15.8 Å². The SMILES string of the molecule is Cc1cc(Br)ccc1OCC(=O)Nc1ccc(Cl)cc1N. The molecule has 110 valence electrons. The Morgan fingerprint density at radius 2 is 2.10 bits per heavy atom. The summed E-state index contributed by atoms with van der Waals surface area (Å²) in [6.07, 6.45) is 0. The van der Waals surface area contributed by atoms with Crippen LogP contribution in [-0.4, -0.2) is 12.5 Å². The van der Waals surface area contributed by atoms with E-state index in [0.717, 1.165) is 10.0 Å². The molecule has 1 amide bonds. The van der Waals surface area contributed by atoms with Crippen molar-refractivity contribution in [3.05, 3.63) is 51.5 Å². The molecular formula is C15H14BrClN2O2. The lowest BCUT2D eigenvalue weighted by Crippen LogP contribution is -2.21.